The lowest BCUT2D eigenvalue weighted by molar-refractivity contribution is 0.668. The van der Waals surface area contributed by atoms with Crippen LogP contribution in [0.2, 0.25) is 0 Å². The topological polar surface area (TPSA) is 29.3 Å². The molecule has 1 rings (SSSR count). The Morgan fingerprint density at radius 3 is 2.39 bits per heavy atom. The Morgan fingerprint density at radius 1 is 1.28 bits per heavy atom. The second-order valence-electron chi connectivity index (χ2n) is 4.85. The van der Waals surface area contributed by atoms with Crippen molar-refractivity contribution in [2.24, 2.45) is 5.73 Å². The lowest BCUT2D eigenvalue weighted by Crippen LogP contribution is -2.29. The van der Waals surface area contributed by atoms with Gasteiger partial charge < -0.3 is 10.6 Å². The van der Waals surface area contributed by atoms with Crippen LogP contribution in [0.15, 0.2) is 24.3 Å². The molecule has 0 saturated carbocycles. The van der Waals surface area contributed by atoms with Gasteiger partial charge in [0, 0.05) is 24.8 Å². The van der Waals surface area contributed by atoms with E-state index in [0.29, 0.717) is 6.04 Å². The Labute approximate surface area is 116 Å². The van der Waals surface area contributed by atoms with E-state index in [-0.39, 0.29) is 6.04 Å². The Hall–Kier alpha value is -0.670. The van der Waals surface area contributed by atoms with Crippen molar-refractivity contribution in [3.63, 3.8) is 0 Å². The van der Waals surface area contributed by atoms with Gasteiger partial charge in [0.1, 0.15) is 0 Å². The lowest BCUT2D eigenvalue weighted by atomic mass is 10.0. The minimum absolute atomic E-state index is 0.165. The normalized spacial score (nSPS) is 14.3. The number of thioether (sulfide) groups is 1. The van der Waals surface area contributed by atoms with E-state index >= 15 is 0 Å². The van der Waals surface area contributed by atoms with Crippen molar-refractivity contribution in [2.45, 2.75) is 38.8 Å². The summed E-state index contributed by atoms with van der Waals surface area (Å²) in [6.07, 6.45) is 4.36. The van der Waals surface area contributed by atoms with Crippen LogP contribution >= 0.6 is 11.8 Å². The molecule has 0 spiro atoms. The van der Waals surface area contributed by atoms with E-state index in [1.807, 2.05) is 11.8 Å². The highest BCUT2D eigenvalue weighted by atomic mass is 32.2. The van der Waals surface area contributed by atoms with Crippen molar-refractivity contribution in [3.8, 4) is 0 Å². The molecule has 0 fully saturated rings. The molecule has 1 aromatic carbocycles. The molecule has 1 unspecified atom stereocenters. The Kier molecular flexibility index (Phi) is 6.58. The largest absolute Gasteiger partial charge is 0.372 e. The van der Waals surface area contributed by atoms with Crippen molar-refractivity contribution in [1.29, 1.82) is 0 Å². The summed E-state index contributed by atoms with van der Waals surface area (Å²) in [6.45, 7) is 4.40. The van der Waals surface area contributed by atoms with E-state index in [1.54, 1.807) is 0 Å². The van der Waals surface area contributed by atoms with Crippen LogP contribution in [-0.4, -0.2) is 25.1 Å². The van der Waals surface area contributed by atoms with Gasteiger partial charge in [-0.3, -0.25) is 0 Å². The summed E-state index contributed by atoms with van der Waals surface area (Å²) in [5.41, 5.74) is 8.53. The Morgan fingerprint density at radius 2 is 1.89 bits per heavy atom. The minimum atomic E-state index is 0.165. The minimum Gasteiger partial charge on any atom is -0.372 e. The number of hydrogen-bond acceptors (Lipinski definition) is 3. The summed E-state index contributed by atoms with van der Waals surface area (Å²) in [5.74, 6) is 1.21. The van der Waals surface area contributed by atoms with Crippen LogP contribution in [0.3, 0.4) is 0 Å². The third-order valence-corrected chi connectivity index (χ3v) is 4.21. The maximum atomic E-state index is 6.03. The Balaban J connectivity index is 2.66. The monoisotopic (exact) mass is 266 g/mol. The van der Waals surface area contributed by atoms with Crippen LogP contribution in [0.25, 0.3) is 0 Å². The van der Waals surface area contributed by atoms with Gasteiger partial charge in [-0.1, -0.05) is 19.1 Å². The SMILES string of the molecule is CC[C@@H](N)c1ccc(N(C)C(C)CCSC)cc1. The Bertz CT molecular complexity index is 337. The van der Waals surface area contributed by atoms with Gasteiger partial charge in [-0.05, 0) is 49.5 Å². The van der Waals surface area contributed by atoms with Gasteiger partial charge in [-0.15, -0.1) is 0 Å². The van der Waals surface area contributed by atoms with E-state index in [4.69, 9.17) is 5.73 Å². The fourth-order valence-corrected chi connectivity index (χ4v) is 2.51. The van der Waals surface area contributed by atoms with Crippen LogP contribution in [0.4, 0.5) is 5.69 Å². The van der Waals surface area contributed by atoms with Crippen molar-refractivity contribution >= 4 is 17.4 Å². The molecule has 1 aromatic rings. The number of benzene rings is 1. The smallest absolute Gasteiger partial charge is 0.0366 e. The first-order valence-electron chi connectivity index (χ1n) is 6.67. The van der Waals surface area contributed by atoms with Gasteiger partial charge in [0.2, 0.25) is 0 Å². The van der Waals surface area contributed by atoms with Crippen LogP contribution in [-0.2, 0) is 0 Å². The van der Waals surface area contributed by atoms with Gasteiger partial charge in [-0.2, -0.15) is 11.8 Å². The van der Waals surface area contributed by atoms with Crippen molar-refractivity contribution in [2.75, 3.05) is 24.0 Å². The summed E-state index contributed by atoms with van der Waals surface area (Å²) in [7, 11) is 2.17. The summed E-state index contributed by atoms with van der Waals surface area (Å²) in [6, 6.07) is 9.41. The highest BCUT2D eigenvalue weighted by Crippen LogP contribution is 2.21. The fraction of sp³-hybridized carbons (Fsp3) is 0.600. The third-order valence-electron chi connectivity index (χ3n) is 3.57. The maximum Gasteiger partial charge on any atom is 0.0366 e. The van der Waals surface area contributed by atoms with E-state index in [0.717, 1.165) is 6.42 Å². The number of nitrogens with two attached hydrogens (primary N) is 1. The summed E-state index contributed by atoms with van der Waals surface area (Å²) in [4.78, 5) is 2.34. The quantitative estimate of drug-likeness (QED) is 0.816. The van der Waals surface area contributed by atoms with Crippen LogP contribution in [0, 0.1) is 0 Å². The highest BCUT2D eigenvalue weighted by Gasteiger charge is 2.10. The molecule has 3 heteroatoms. The van der Waals surface area contributed by atoms with E-state index in [2.05, 4.69) is 56.3 Å². The van der Waals surface area contributed by atoms with E-state index in [1.165, 1.54) is 23.4 Å². The molecule has 2 N–H and O–H groups in total. The third kappa shape index (κ3) is 4.21. The zero-order valence-corrected chi connectivity index (χ0v) is 12.8. The molecule has 0 bridgehead atoms. The van der Waals surface area contributed by atoms with Gasteiger partial charge in [0.25, 0.3) is 0 Å². The molecule has 2 nitrogen and oxygen atoms in total. The predicted octanol–water partition coefficient (Wildman–Crippen LogP) is 3.67. The predicted molar refractivity (Wildman–Crippen MR) is 84.5 cm³/mol. The molecule has 0 radical (unpaired) electrons. The number of nitrogens with zero attached hydrogens (tertiary/aromatic N) is 1. The highest BCUT2D eigenvalue weighted by molar-refractivity contribution is 7.98. The summed E-state index contributed by atoms with van der Waals surface area (Å²) < 4.78 is 0. The molecule has 0 heterocycles. The number of hydrogen-bond donors (Lipinski definition) is 1. The van der Waals surface area contributed by atoms with Gasteiger partial charge in [0.05, 0.1) is 0 Å². The average molecular weight is 266 g/mol. The molecule has 0 saturated heterocycles. The molecule has 0 aliphatic rings. The molecule has 102 valence electrons. The zero-order chi connectivity index (χ0) is 13.5. The van der Waals surface area contributed by atoms with Crippen molar-refractivity contribution < 1.29 is 0 Å². The molecule has 0 amide bonds. The van der Waals surface area contributed by atoms with E-state index < -0.39 is 0 Å². The molecular formula is C15H26N2S. The first-order valence-corrected chi connectivity index (χ1v) is 8.06. The number of anilines is 1. The molecular weight excluding hydrogens is 240 g/mol. The van der Waals surface area contributed by atoms with E-state index in [9.17, 15) is 0 Å². The van der Waals surface area contributed by atoms with Crippen LogP contribution in [0.5, 0.6) is 0 Å². The van der Waals surface area contributed by atoms with Gasteiger partial charge in [0.15, 0.2) is 0 Å². The molecule has 0 aliphatic heterocycles. The van der Waals surface area contributed by atoms with Gasteiger partial charge in [-0.25, -0.2) is 0 Å². The summed E-state index contributed by atoms with van der Waals surface area (Å²) >= 11 is 1.91. The van der Waals surface area contributed by atoms with Crippen LogP contribution < -0.4 is 10.6 Å². The second-order valence-corrected chi connectivity index (χ2v) is 5.83. The first kappa shape index (κ1) is 15.4. The molecule has 18 heavy (non-hydrogen) atoms. The summed E-state index contributed by atoms with van der Waals surface area (Å²) in [5, 5.41) is 0. The van der Waals surface area contributed by atoms with Crippen molar-refractivity contribution in [1.82, 2.24) is 0 Å². The zero-order valence-electron chi connectivity index (χ0n) is 12.0. The standard InChI is InChI=1S/C15H26N2S/c1-5-15(16)13-6-8-14(9-7-13)17(3)12(2)10-11-18-4/h6-9,12,15H,5,10-11,16H2,1-4H3/t12?,15-/m1/s1. The number of rotatable bonds is 7. The lowest BCUT2D eigenvalue weighted by Gasteiger charge is -2.27. The van der Waals surface area contributed by atoms with Gasteiger partial charge >= 0.3 is 0 Å². The van der Waals surface area contributed by atoms with Crippen molar-refractivity contribution in [3.05, 3.63) is 29.8 Å². The maximum absolute atomic E-state index is 6.03. The second kappa shape index (κ2) is 7.70. The fourth-order valence-electron chi connectivity index (χ4n) is 1.93. The molecule has 0 aromatic heterocycles. The molecule has 2 atom stereocenters. The molecule has 0 aliphatic carbocycles. The first-order chi connectivity index (χ1) is 8.60. The van der Waals surface area contributed by atoms with Crippen LogP contribution in [0.1, 0.15) is 38.3 Å². The average Bonchev–Trinajstić information content (AvgIpc) is 2.43.